The van der Waals surface area contributed by atoms with E-state index in [4.69, 9.17) is 11.6 Å². The highest BCUT2D eigenvalue weighted by atomic mass is 35.5. The Balaban J connectivity index is 1.63. The summed E-state index contributed by atoms with van der Waals surface area (Å²) in [5.74, 6) is -0.438. The number of carbonyl (C=O) groups excluding carboxylic acids is 2. The predicted molar refractivity (Wildman–Crippen MR) is 100 cm³/mol. The van der Waals surface area contributed by atoms with Gasteiger partial charge < -0.3 is 14.7 Å². The molecule has 2 amide bonds. The third kappa shape index (κ3) is 4.51. The molecule has 0 spiro atoms. The molecule has 0 saturated carbocycles. The summed E-state index contributed by atoms with van der Waals surface area (Å²) in [7, 11) is 0. The van der Waals surface area contributed by atoms with Crippen LogP contribution in [0.15, 0.2) is 36.7 Å². The number of halogens is 2. The number of anilines is 2. The van der Waals surface area contributed by atoms with Crippen LogP contribution in [0, 0.1) is 5.82 Å². The molecule has 1 aromatic carbocycles. The van der Waals surface area contributed by atoms with Crippen LogP contribution in [0.4, 0.5) is 16.0 Å². The third-order valence-corrected chi connectivity index (χ3v) is 4.65. The van der Waals surface area contributed by atoms with Crippen LogP contribution in [0.3, 0.4) is 0 Å². The van der Waals surface area contributed by atoms with E-state index in [1.807, 2.05) is 4.90 Å². The van der Waals surface area contributed by atoms with Crippen molar-refractivity contribution >= 4 is 35.1 Å². The fraction of sp³-hybridized carbons (Fsp3) is 0.333. The second kappa shape index (κ2) is 8.30. The van der Waals surface area contributed by atoms with Gasteiger partial charge in [-0.25, -0.2) is 14.4 Å². The van der Waals surface area contributed by atoms with E-state index in [1.54, 1.807) is 23.4 Å². The standard InChI is InChI=1S/C18H19ClFN5O2/c1-13(26)25(14-3-4-16(20)15(19)11-14)12-17(27)23-7-9-24(10-8-23)18-21-5-2-6-22-18/h2-6,11H,7-10,12H2,1H3. The Bertz CT molecular complexity index is 828. The lowest BCUT2D eigenvalue weighted by Gasteiger charge is -2.35. The highest BCUT2D eigenvalue weighted by Crippen LogP contribution is 2.23. The zero-order valence-electron chi connectivity index (χ0n) is 14.8. The van der Waals surface area contributed by atoms with E-state index in [0.717, 1.165) is 0 Å². The molecule has 1 aliphatic rings. The van der Waals surface area contributed by atoms with Crippen LogP contribution in [0.25, 0.3) is 0 Å². The maximum atomic E-state index is 13.4. The van der Waals surface area contributed by atoms with Crippen LogP contribution in [0.5, 0.6) is 0 Å². The number of hydrogen-bond donors (Lipinski definition) is 0. The fourth-order valence-electron chi connectivity index (χ4n) is 2.88. The first-order chi connectivity index (χ1) is 13.0. The van der Waals surface area contributed by atoms with E-state index in [-0.39, 0.29) is 23.4 Å². The molecule has 2 heterocycles. The number of nitrogens with zero attached hydrogens (tertiary/aromatic N) is 5. The maximum absolute atomic E-state index is 13.4. The summed E-state index contributed by atoms with van der Waals surface area (Å²) >= 11 is 5.80. The summed E-state index contributed by atoms with van der Waals surface area (Å²) in [6, 6.07) is 5.70. The molecule has 1 aromatic heterocycles. The minimum absolute atomic E-state index is 0.0947. The number of benzene rings is 1. The number of piperazine rings is 1. The highest BCUT2D eigenvalue weighted by molar-refractivity contribution is 6.31. The number of amides is 2. The first-order valence-corrected chi connectivity index (χ1v) is 8.86. The number of rotatable bonds is 4. The maximum Gasteiger partial charge on any atom is 0.242 e. The van der Waals surface area contributed by atoms with Gasteiger partial charge >= 0.3 is 0 Å². The van der Waals surface area contributed by atoms with Gasteiger partial charge in [-0.15, -0.1) is 0 Å². The SMILES string of the molecule is CC(=O)N(CC(=O)N1CCN(c2ncccn2)CC1)c1ccc(F)c(Cl)c1. The van der Waals surface area contributed by atoms with Crippen molar-refractivity contribution in [2.24, 2.45) is 0 Å². The fourth-order valence-corrected chi connectivity index (χ4v) is 3.06. The molecule has 7 nitrogen and oxygen atoms in total. The van der Waals surface area contributed by atoms with Crippen LogP contribution >= 0.6 is 11.6 Å². The van der Waals surface area contributed by atoms with Crippen LogP contribution in [-0.2, 0) is 9.59 Å². The summed E-state index contributed by atoms with van der Waals surface area (Å²) in [5, 5.41) is -0.0947. The lowest BCUT2D eigenvalue weighted by Crippen LogP contribution is -2.52. The molecule has 9 heteroatoms. The summed E-state index contributed by atoms with van der Waals surface area (Å²) in [6.07, 6.45) is 3.36. The molecule has 0 atom stereocenters. The van der Waals surface area contributed by atoms with E-state index in [0.29, 0.717) is 37.8 Å². The predicted octanol–water partition coefficient (Wildman–Crippen LogP) is 1.97. The molecule has 2 aromatic rings. The number of hydrogen-bond acceptors (Lipinski definition) is 5. The third-order valence-electron chi connectivity index (χ3n) is 4.36. The summed E-state index contributed by atoms with van der Waals surface area (Å²) in [5.41, 5.74) is 0.388. The van der Waals surface area contributed by atoms with Gasteiger partial charge in [0.25, 0.3) is 0 Å². The molecule has 0 unspecified atom stereocenters. The van der Waals surface area contributed by atoms with Gasteiger partial charge in [0.2, 0.25) is 17.8 Å². The van der Waals surface area contributed by atoms with E-state index >= 15 is 0 Å². The van der Waals surface area contributed by atoms with Gasteiger partial charge in [0.05, 0.1) is 5.02 Å². The monoisotopic (exact) mass is 391 g/mol. The Labute approximate surface area is 161 Å². The Kier molecular flexibility index (Phi) is 5.85. The Morgan fingerprint density at radius 1 is 1.19 bits per heavy atom. The largest absolute Gasteiger partial charge is 0.338 e. The van der Waals surface area contributed by atoms with E-state index in [2.05, 4.69) is 9.97 Å². The molecule has 1 fully saturated rings. The number of aromatic nitrogens is 2. The summed E-state index contributed by atoms with van der Waals surface area (Å²) in [4.78, 5) is 38.1. The summed E-state index contributed by atoms with van der Waals surface area (Å²) in [6.45, 7) is 3.46. The molecule has 1 aliphatic heterocycles. The topological polar surface area (TPSA) is 69.6 Å². The smallest absolute Gasteiger partial charge is 0.242 e. The van der Waals surface area contributed by atoms with Gasteiger partial charge in [0.15, 0.2) is 0 Å². The first kappa shape index (κ1) is 19.0. The minimum atomic E-state index is -0.575. The van der Waals surface area contributed by atoms with Crippen molar-refractivity contribution in [1.82, 2.24) is 14.9 Å². The van der Waals surface area contributed by atoms with Crippen molar-refractivity contribution in [3.63, 3.8) is 0 Å². The van der Waals surface area contributed by atoms with Gasteiger partial charge in [-0.05, 0) is 24.3 Å². The summed E-state index contributed by atoms with van der Waals surface area (Å²) < 4.78 is 13.4. The van der Waals surface area contributed by atoms with E-state index < -0.39 is 5.82 Å². The Morgan fingerprint density at radius 3 is 2.44 bits per heavy atom. The lowest BCUT2D eigenvalue weighted by atomic mass is 10.2. The van der Waals surface area contributed by atoms with E-state index in [9.17, 15) is 14.0 Å². The quantitative estimate of drug-likeness (QED) is 0.797. The van der Waals surface area contributed by atoms with Crippen molar-refractivity contribution in [2.75, 3.05) is 42.5 Å². The molecule has 142 valence electrons. The van der Waals surface area contributed by atoms with Crippen LogP contribution < -0.4 is 9.80 Å². The van der Waals surface area contributed by atoms with Crippen LogP contribution in [0.2, 0.25) is 5.02 Å². The molecule has 1 saturated heterocycles. The van der Waals surface area contributed by atoms with Gasteiger partial charge in [-0.1, -0.05) is 11.6 Å². The van der Waals surface area contributed by atoms with Crippen molar-refractivity contribution < 1.29 is 14.0 Å². The van der Waals surface area contributed by atoms with Gasteiger partial charge in [-0.3, -0.25) is 9.59 Å². The van der Waals surface area contributed by atoms with Gasteiger partial charge in [0, 0.05) is 51.2 Å². The number of carbonyl (C=O) groups is 2. The molecule has 0 N–H and O–H groups in total. The Hall–Kier alpha value is -2.74. The molecular formula is C18H19ClFN5O2. The molecule has 0 aliphatic carbocycles. The normalized spacial score (nSPS) is 14.2. The molecule has 3 rings (SSSR count). The first-order valence-electron chi connectivity index (χ1n) is 8.48. The van der Waals surface area contributed by atoms with Gasteiger partial charge in [-0.2, -0.15) is 0 Å². The second-order valence-corrected chi connectivity index (χ2v) is 6.53. The van der Waals surface area contributed by atoms with Crippen molar-refractivity contribution in [3.05, 3.63) is 47.5 Å². The molecule has 0 radical (unpaired) electrons. The lowest BCUT2D eigenvalue weighted by molar-refractivity contribution is -0.131. The molecule has 27 heavy (non-hydrogen) atoms. The molecular weight excluding hydrogens is 373 g/mol. The zero-order valence-corrected chi connectivity index (χ0v) is 15.6. The highest BCUT2D eigenvalue weighted by Gasteiger charge is 2.25. The van der Waals surface area contributed by atoms with Crippen molar-refractivity contribution in [3.8, 4) is 0 Å². The van der Waals surface area contributed by atoms with Gasteiger partial charge in [0.1, 0.15) is 12.4 Å². The molecule has 0 bridgehead atoms. The average molecular weight is 392 g/mol. The van der Waals surface area contributed by atoms with E-state index in [1.165, 1.54) is 30.0 Å². The minimum Gasteiger partial charge on any atom is -0.338 e. The van der Waals surface area contributed by atoms with Crippen molar-refractivity contribution in [1.29, 1.82) is 0 Å². The van der Waals surface area contributed by atoms with Crippen LogP contribution in [-0.4, -0.2) is 59.4 Å². The second-order valence-electron chi connectivity index (χ2n) is 6.12. The Morgan fingerprint density at radius 2 is 1.85 bits per heavy atom. The van der Waals surface area contributed by atoms with Crippen molar-refractivity contribution in [2.45, 2.75) is 6.92 Å². The average Bonchev–Trinajstić information content (AvgIpc) is 2.69. The van der Waals surface area contributed by atoms with Crippen LogP contribution in [0.1, 0.15) is 6.92 Å². The zero-order chi connectivity index (χ0) is 19.4.